The minimum Gasteiger partial charge on any atom is -0.859 e. The number of nitrogens with zero attached hydrogens (tertiary/aromatic N) is 1. The molecule has 1 aliphatic rings. The number of carbonyl (C=O) groups excluding carboxylic acids is 1. The van der Waals surface area contributed by atoms with Gasteiger partial charge in [0.05, 0.1) is 0 Å². The van der Waals surface area contributed by atoms with E-state index >= 15 is 0 Å². The molecule has 0 aromatic heterocycles. The SMILES string of the molecule is CCCCCCCCC1(C)OC(=O)N=C1[O-].[Na+]. The average Bonchev–Trinajstić information content (AvgIpc) is 2.47. The first-order valence-corrected chi connectivity index (χ1v) is 6.07. The van der Waals surface area contributed by atoms with Gasteiger partial charge in [0, 0.05) is 5.90 Å². The number of carbonyl (C=O) groups is 1. The molecule has 92 valence electrons. The Balaban J connectivity index is 0.00000256. The van der Waals surface area contributed by atoms with Gasteiger partial charge in [0.2, 0.25) is 0 Å². The molecule has 0 aromatic carbocycles. The minimum absolute atomic E-state index is 0. The van der Waals surface area contributed by atoms with E-state index < -0.39 is 17.6 Å². The maximum Gasteiger partial charge on any atom is 1.00 e. The molecule has 1 amide bonds. The summed E-state index contributed by atoms with van der Waals surface area (Å²) in [7, 11) is 0. The van der Waals surface area contributed by atoms with E-state index in [1.165, 1.54) is 25.7 Å². The fraction of sp³-hybridized carbons (Fsp3) is 0.833. The Morgan fingerprint density at radius 1 is 1.24 bits per heavy atom. The molecule has 0 N–H and O–H groups in total. The van der Waals surface area contributed by atoms with Gasteiger partial charge >= 0.3 is 35.7 Å². The molecule has 4 nitrogen and oxygen atoms in total. The van der Waals surface area contributed by atoms with Crippen LogP contribution in [0, 0.1) is 0 Å². The molecule has 5 heteroatoms. The predicted molar refractivity (Wildman–Crippen MR) is 60.3 cm³/mol. The Bertz CT molecular complexity index is 281. The molecule has 0 spiro atoms. The zero-order chi connectivity index (χ0) is 12.0. The van der Waals surface area contributed by atoms with Gasteiger partial charge in [0.15, 0.2) is 0 Å². The van der Waals surface area contributed by atoms with Crippen molar-refractivity contribution in [2.75, 3.05) is 0 Å². The summed E-state index contributed by atoms with van der Waals surface area (Å²) in [5, 5.41) is 11.4. The third-order valence-electron chi connectivity index (χ3n) is 2.97. The molecule has 0 bridgehead atoms. The van der Waals surface area contributed by atoms with Crippen molar-refractivity contribution in [3.05, 3.63) is 0 Å². The maximum atomic E-state index is 11.4. The molecule has 0 saturated heterocycles. The van der Waals surface area contributed by atoms with Gasteiger partial charge < -0.3 is 9.84 Å². The first-order chi connectivity index (χ1) is 7.58. The van der Waals surface area contributed by atoms with Crippen molar-refractivity contribution in [2.24, 2.45) is 4.99 Å². The van der Waals surface area contributed by atoms with Crippen LogP contribution in [-0.2, 0) is 4.74 Å². The monoisotopic (exact) mass is 249 g/mol. The van der Waals surface area contributed by atoms with Crippen molar-refractivity contribution in [1.82, 2.24) is 0 Å². The van der Waals surface area contributed by atoms with E-state index in [0.717, 1.165) is 12.8 Å². The molecule has 1 heterocycles. The van der Waals surface area contributed by atoms with Crippen LogP contribution in [-0.4, -0.2) is 17.6 Å². The van der Waals surface area contributed by atoms with E-state index in [1.807, 2.05) is 0 Å². The van der Waals surface area contributed by atoms with Gasteiger partial charge in [0.1, 0.15) is 5.60 Å². The molecule has 17 heavy (non-hydrogen) atoms. The molecule has 1 atom stereocenters. The third kappa shape index (κ3) is 5.40. The smallest absolute Gasteiger partial charge is 0.859 e. The van der Waals surface area contributed by atoms with Crippen molar-refractivity contribution in [3.63, 3.8) is 0 Å². The fourth-order valence-electron chi connectivity index (χ4n) is 1.86. The zero-order valence-electron chi connectivity index (χ0n) is 11.1. The summed E-state index contributed by atoms with van der Waals surface area (Å²) in [5.74, 6) is -0.425. The van der Waals surface area contributed by atoms with E-state index in [0.29, 0.717) is 6.42 Å². The van der Waals surface area contributed by atoms with Crippen LogP contribution in [0.5, 0.6) is 0 Å². The minimum atomic E-state index is -0.984. The summed E-state index contributed by atoms with van der Waals surface area (Å²) >= 11 is 0. The topological polar surface area (TPSA) is 61.7 Å². The van der Waals surface area contributed by atoms with Gasteiger partial charge in [-0.15, -0.1) is 0 Å². The second-order valence-corrected chi connectivity index (χ2v) is 4.53. The summed E-state index contributed by atoms with van der Waals surface area (Å²) in [6, 6.07) is 0. The van der Waals surface area contributed by atoms with Crippen molar-refractivity contribution in [1.29, 1.82) is 0 Å². The van der Waals surface area contributed by atoms with Crippen molar-refractivity contribution >= 4 is 12.0 Å². The number of aliphatic imine (C=N–C) groups is 1. The standard InChI is InChI=1S/C12H21NO3.Na/c1-3-4-5-6-7-8-9-12(2)10(14)13-11(15)16-12;/h3-9H2,1-2H3,(H,13,14,15);/q;+1/p-1. The molecule has 0 saturated carbocycles. The Morgan fingerprint density at radius 2 is 1.82 bits per heavy atom. The summed E-state index contributed by atoms with van der Waals surface area (Å²) in [6.07, 6.45) is 6.77. The van der Waals surface area contributed by atoms with Gasteiger partial charge in [-0.3, -0.25) is 0 Å². The van der Waals surface area contributed by atoms with Crippen LogP contribution >= 0.6 is 0 Å². The number of ether oxygens (including phenoxy) is 1. The Labute approximate surface area is 125 Å². The van der Waals surface area contributed by atoms with E-state index in [-0.39, 0.29) is 29.6 Å². The van der Waals surface area contributed by atoms with Crippen LogP contribution in [0.3, 0.4) is 0 Å². The molecular weight excluding hydrogens is 229 g/mol. The first kappa shape index (κ1) is 16.9. The fourth-order valence-corrected chi connectivity index (χ4v) is 1.86. The van der Waals surface area contributed by atoms with Crippen molar-refractivity contribution in [3.8, 4) is 0 Å². The largest absolute Gasteiger partial charge is 1.00 e. The second kappa shape index (κ2) is 8.11. The van der Waals surface area contributed by atoms with E-state index in [4.69, 9.17) is 4.74 Å². The zero-order valence-corrected chi connectivity index (χ0v) is 13.1. The molecule has 0 fully saturated rings. The number of hydrogen-bond acceptors (Lipinski definition) is 3. The number of cyclic esters (lactones) is 1. The quantitative estimate of drug-likeness (QED) is 0.447. The number of amides is 1. The normalized spacial score (nSPS) is 22.9. The van der Waals surface area contributed by atoms with Gasteiger partial charge in [-0.05, 0) is 19.8 Å². The molecule has 1 unspecified atom stereocenters. The second-order valence-electron chi connectivity index (χ2n) is 4.53. The summed E-state index contributed by atoms with van der Waals surface area (Å²) < 4.78 is 4.93. The van der Waals surface area contributed by atoms with E-state index in [9.17, 15) is 9.90 Å². The number of unbranched alkanes of at least 4 members (excludes halogenated alkanes) is 5. The van der Waals surface area contributed by atoms with Crippen LogP contribution in [0.1, 0.15) is 58.8 Å². The van der Waals surface area contributed by atoms with E-state index in [1.54, 1.807) is 6.92 Å². The van der Waals surface area contributed by atoms with Crippen LogP contribution in [0.25, 0.3) is 0 Å². The van der Waals surface area contributed by atoms with Crippen LogP contribution in [0.4, 0.5) is 4.79 Å². The van der Waals surface area contributed by atoms with Gasteiger partial charge in [0.25, 0.3) is 0 Å². The number of rotatable bonds is 7. The first-order valence-electron chi connectivity index (χ1n) is 6.07. The average molecular weight is 249 g/mol. The van der Waals surface area contributed by atoms with Crippen molar-refractivity contribution in [2.45, 2.75) is 64.4 Å². The van der Waals surface area contributed by atoms with Gasteiger partial charge in [-0.1, -0.05) is 39.0 Å². The Hall–Kier alpha value is -0.0600. The van der Waals surface area contributed by atoms with Crippen LogP contribution < -0.4 is 34.7 Å². The maximum absolute atomic E-state index is 11.4. The summed E-state index contributed by atoms with van der Waals surface area (Å²) in [5.41, 5.74) is -0.984. The molecule has 0 radical (unpaired) electrons. The molecule has 1 aliphatic heterocycles. The summed E-state index contributed by atoms with van der Waals surface area (Å²) in [4.78, 5) is 14.1. The Kier molecular flexibility index (Phi) is 8.09. The van der Waals surface area contributed by atoms with Crippen molar-refractivity contribution < 1.29 is 44.2 Å². The summed E-state index contributed by atoms with van der Waals surface area (Å²) in [6.45, 7) is 3.83. The van der Waals surface area contributed by atoms with Gasteiger partial charge in [-0.25, -0.2) is 4.79 Å². The predicted octanol–water partition coefficient (Wildman–Crippen LogP) is -0.591. The molecule has 1 rings (SSSR count). The molecule has 0 aromatic rings. The van der Waals surface area contributed by atoms with Crippen LogP contribution in [0.2, 0.25) is 0 Å². The molecule has 0 aliphatic carbocycles. The Morgan fingerprint density at radius 3 is 2.35 bits per heavy atom. The number of hydrogen-bond donors (Lipinski definition) is 0. The molecular formula is C12H20NNaO3. The van der Waals surface area contributed by atoms with Gasteiger partial charge in [-0.2, -0.15) is 4.99 Å². The van der Waals surface area contributed by atoms with Crippen LogP contribution in [0.15, 0.2) is 4.99 Å². The third-order valence-corrected chi connectivity index (χ3v) is 2.97. The van der Waals surface area contributed by atoms with E-state index in [2.05, 4.69) is 11.9 Å².